The van der Waals surface area contributed by atoms with E-state index in [1.54, 1.807) is 7.11 Å². The van der Waals surface area contributed by atoms with Gasteiger partial charge in [0, 0.05) is 38.6 Å². The van der Waals surface area contributed by atoms with Crippen molar-refractivity contribution in [3.8, 4) is 0 Å². The highest BCUT2D eigenvalue weighted by molar-refractivity contribution is 5.77. The van der Waals surface area contributed by atoms with Crippen molar-refractivity contribution >= 4 is 5.91 Å². The maximum atomic E-state index is 13.0. The van der Waals surface area contributed by atoms with Crippen LogP contribution in [0.3, 0.4) is 0 Å². The standard InChI is InChI=1S/C21H29NO3/c1-24-15-21-8-4-10-25-19(21)7-9-22(14-21)20(23)13-16-11-17-5-2-3-6-18(17)12-16/h2-3,5-6,16,19H,4,7-15H2,1H3/t19-,21-/m0/s1. The van der Waals surface area contributed by atoms with Crippen molar-refractivity contribution in [2.75, 3.05) is 33.4 Å². The molecular formula is C21H29NO3. The lowest BCUT2D eigenvalue weighted by Gasteiger charge is -2.50. The van der Waals surface area contributed by atoms with Crippen LogP contribution in [0.1, 0.15) is 36.8 Å². The van der Waals surface area contributed by atoms with E-state index in [2.05, 4.69) is 29.2 Å². The largest absolute Gasteiger partial charge is 0.384 e. The van der Waals surface area contributed by atoms with E-state index in [0.717, 1.165) is 51.8 Å². The van der Waals surface area contributed by atoms with Crippen LogP contribution < -0.4 is 0 Å². The molecule has 136 valence electrons. The summed E-state index contributed by atoms with van der Waals surface area (Å²) in [6.45, 7) is 3.17. The lowest BCUT2D eigenvalue weighted by Crippen LogP contribution is -2.58. The van der Waals surface area contributed by atoms with Gasteiger partial charge in [-0.1, -0.05) is 24.3 Å². The van der Waals surface area contributed by atoms with E-state index in [1.165, 1.54) is 11.1 Å². The molecule has 2 aliphatic heterocycles. The van der Waals surface area contributed by atoms with Crippen molar-refractivity contribution in [1.29, 1.82) is 0 Å². The zero-order valence-electron chi connectivity index (χ0n) is 15.2. The Kier molecular flexibility index (Phi) is 4.83. The van der Waals surface area contributed by atoms with Crippen LogP contribution in [0.4, 0.5) is 0 Å². The van der Waals surface area contributed by atoms with Crippen LogP contribution in [0.15, 0.2) is 24.3 Å². The highest BCUT2D eigenvalue weighted by Gasteiger charge is 2.47. The highest BCUT2D eigenvalue weighted by atomic mass is 16.5. The molecule has 1 aromatic carbocycles. The van der Waals surface area contributed by atoms with Crippen LogP contribution in [0.5, 0.6) is 0 Å². The van der Waals surface area contributed by atoms with E-state index in [0.29, 0.717) is 24.9 Å². The normalized spacial score (nSPS) is 29.3. The van der Waals surface area contributed by atoms with Crippen molar-refractivity contribution in [2.45, 2.75) is 44.6 Å². The predicted octanol–water partition coefficient (Wildman–Crippen LogP) is 2.84. The number of amides is 1. The Hall–Kier alpha value is -1.39. The van der Waals surface area contributed by atoms with Gasteiger partial charge in [0.05, 0.1) is 12.7 Å². The Morgan fingerprint density at radius 1 is 1.32 bits per heavy atom. The Morgan fingerprint density at radius 2 is 2.08 bits per heavy atom. The monoisotopic (exact) mass is 343 g/mol. The molecule has 2 atom stereocenters. The summed E-state index contributed by atoms with van der Waals surface area (Å²) in [4.78, 5) is 15.1. The maximum Gasteiger partial charge on any atom is 0.222 e. The molecule has 1 aromatic rings. The molecule has 4 nitrogen and oxygen atoms in total. The molecule has 2 saturated heterocycles. The van der Waals surface area contributed by atoms with Crippen LogP contribution in [0.2, 0.25) is 0 Å². The molecule has 0 unspecified atom stereocenters. The molecule has 1 amide bonds. The second-order valence-electron chi connectivity index (χ2n) is 8.11. The molecule has 0 bridgehead atoms. The zero-order valence-corrected chi connectivity index (χ0v) is 15.2. The molecule has 0 N–H and O–H groups in total. The van der Waals surface area contributed by atoms with Crippen molar-refractivity contribution in [1.82, 2.24) is 4.90 Å². The van der Waals surface area contributed by atoms with Gasteiger partial charge in [0.1, 0.15) is 0 Å². The van der Waals surface area contributed by atoms with Gasteiger partial charge in [-0.05, 0) is 49.1 Å². The summed E-state index contributed by atoms with van der Waals surface area (Å²) in [5, 5.41) is 0. The number of hydrogen-bond acceptors (Lipinski definition) is 3. The van der Waals surface area contributed by atoms with Gasteiger partial charge in [-0.15, -0.1) is 0 Å². The van der Waals surface area contributed by atoms with E-state index in [1.807, 2.05) is 0 Å². The number of ether oxygens (including phenoxy) is 2. The van der Waals surface area contributed by atoms with Crippen molar-refractivity contribution < 1.29 is 14.3 Å². The fraction of sp³-hybridized carbons (Fsp3) is 0.667. The third kappa shape index (κ3) is 3.34. The van der Waals surface area contributed by atoms with Gasteiger partial charge in [-0.2, -0.15) is 0 Å². The Labute approximate surface area is 150 Å². The topological polar surface area (TPSA) is 38.8 Å². The van der Waals surface area contributed by atoms with E-state index >= 15 is 0 Å². The number of methoxy groups -OCH3 is 1. The molecule has 0 spiro atoms. The summed E-state index contributed by atoms with van der Waals surface area (Å²) < 4.78 is 11.6. The van der Waals surface area contributed by atoms with E-state index < -0.39 is 0 Å². The summed E-state index contributed by atoms with van der Waals surface area (Å²) in [6, 6.07) is 8.62. The molecule has 0 saturated carbocycles. The summed E-state index contributed by atoms with van der Waals surface area (Å²) in [5.41, 5.74) is 2.85. The lowest BCUT2D eigenvalue weighted by atomic mass is 9.73. The van der Waals surface area contributed by atoms with Gasteiger partial charge < -0.3 is 14.4 Å². The first-order chi connectivity index (χ1) is 12.2. The number of likely N-dealkylation sites (tertiary alicyclic amines) is 1. The van der Waals surface area contributed by atoms with Gasteiger partial charge in [-0.25, -0.2) is 0 Å². The fourth-order valence-corrected chi connectivity index (χ4v) is 5.17. The molecule has 0 radical (unpaired) electrons. The first-order valence-corrected chi connectivity index (χ1v) is 9.65. The minimum atomic E-state index is -0.000447. The van der Waals surface area contributed by atoms with E-state index in [4.69, 9.17) is 9.47 Å². The van der Waals surface area contributed by atoms with Gasteiger partial charge in [0.2, 0.25) is 5.91 Å². The Bertz CT molecular complexity index is 602. The van der Waals surface area contributed by atoms with Crippen molar-refractivity contribution in [3.63, 3.8) is 0 Å². The molecule has 4 rings (SSSR count). The van der Waals surface area contributed by atoms with Gasteiger partial charge >= 0.3 is 0 Å². The van der Waals surface area contributed by atoms with Crippen LogP contribution >= 0.6 is 0 Å². The molecule has 0 aromatic heterocycles. The number of rotatable bonds is 4. The first-order valence-electron chi connectivity index (χ1n) is 9.65. The highest BCUT2D eigenvalue weighted by Crippen LogP contribution is 2.41. The third-order valence-electron chi connectivity index (χ3n) is 6.37. The molecule has 2 fully saturated rings. The maximum absolute atomic E-state index is 13.0. The minimum absolute atomic E-state index is 0.000447. The number of piperidine rings is 1. The molecular weight excluding hydrogens is 314 g/mol. The number of carbonyl (C=O) groups is 1. The van der Waals surface area contributed by atoms with Crippen molar-refractivity contribution in [2.24, 2.45) is 11.3 Å². The Morgan fingerprint density at radius 3 is 2.80 bits per heavy atom. The van der Waals surface area contributed by atoms with Gasteiger partial charge in [0.25, 0.3) is 0 Å². The minimum Gasteiger partial charge on any atom is -0.384 e. The number of carbonyl (C=O) groups excluding carboxylic acids is 1. The van der Waals surface area contributed by atoms with Crippen molar-refractivity contribution in [3.05, 3.63) is 35.4 Å². The van der Waals surface area contributed by atoms with E-state index in [9.17, 15) is 4.79 Å². The number of fused-ring (bicyclic) bond motifs is 2. The summed E-state index contributed by atoms with van der Waals surface area (Å²) in [5.74, 6) is 0.779. The average molecular weight is 343 g/mol. The smallest absolute Gasteiger partial charge is 0.222 e. The molecule has 3 aliphatic rings. The average Bonchev–Trinajstić information content (AvgIpc) is 3.03. The number of nitrogens with zero attached hydrogens (tertiary/aromatic N) is 1. The predicted molar refractivity (Wildman–Crippen MR) is 96.4 cm³/mol. The quantitative estimate of drug-likeness (QED) is 0.844. The van der Waals surface area contributed by atoms with Crippen LogP contribution in [-0.2, 0) is 27.1 Å². The third-order valence-corrected chi connectivity index (χ3v) is 6.37. The second kappa shape index (κ2) is 7.08. The number of hydrogen-bond donors (Lipinski definition) is 0. The Balaban J connectivity index is 1.39. The van der Waals surface area contributed by atoms with E-state index in [-0.39, 0.29) is 11.5 Å². The molecule has 25 heavy (non-hydrogen) atoms. The molecule has 1 aliphatic carbocycles. The second-order valence-corrected chi connectivity index (χ2v) is 8.11. The fourth-order valence-electron chi connectivity index (χ4n) is 5.17. The van der Waals surface area contributed by atoms with Gasteiger partial charge in [0.15, 0.2) is 0 Å². The molecule has 4 heteroatoms. The number of benzene rings is 1. The van der Waals surface area contributed by atoms with Gasteiger partial charge in [-0.3, -0.25) is 4.79 Å². The SMILES string of the molecule is COC[C@@]12CCCO[C@H]1CCN(C(=O)CC1Cc3ccccc3C1)C2. The summed E-state index contributed by atoms with van der Waals surface area (Å²) in [7, 11) is 1.76. The lowest BCUT2D eigenvalue weighted by molar-refractivity contribution is -0.162. The van der Waals surface area contributed by atoms with Crippen LogP contribution in [-0.4, -0.2) is 50.3 Å². The summed E-state index contributed by atoms with van der Waals surface area (Å²) >= 11 is 0. The zero-order chi connectivity index (χ0) is 17.3. The molecule has 2 heterocycles. The summed E-state index contributed by atoms with van der Waals surface area (Å²) in [6.07, 6.45) is 6.13. The van der Waals surface area contributed by atoms with Crippen LogP contribution in [0, 0.1) is 11.3 Å². The first kappa shape index (κ1) is 17.0. The van der Waals surface area contributed by atoms with Crippen LogP contribution in [0.25, 0.3) is 0 Å².